The van der Waals surface area contributed by atoms with Crippen molar-refractivity contribution < 1.29 is 22.5 Å². The van der Waals surface area contributed by atoms with E-state index in [2.05, 4.69) is 90.4 Å². The zero-order chi connectivity index (χ0) is 23.7. The third-order valence-electron chi connectivity index (χ3n) is 7.38. The van der Waals surface area contributed by atoms with Crippen molar-refractivity contribution in [1.82, 2.24) is 0 Å². The number of esters is 1. The van der Waals surface area contributed by atoms with Gasteiger partial charge in [0.25, 0.3) is 10.1 Å². The largest absolute Gasteiger partial charge is 0.423 e. The summed E-state index contributed by atoms with van der Waals surface area (Å²) in [6, 6.07) is 6.37. The molecule has 5 nitrogen and oxygen atoms in total. The summed E-state index contributed by atoms with van der Waals surface area (Å²) in [6.07, 6.45) is 5.76. The van der Waals surface area contributed by atoms with Gasteiger partial charge in [0.1, 0.15) is 5.75 Å². The maximum absolute atomic E-state index is 13.1. The molecular weight excluding hydrogens is 896 g/mol. The summed E-state index contributed by atoms with van der Waals surface area (Å²) in [7, 11) is -4.38. The molecule has 33 heavy (non-hydrogen) atoms. The van der Waals surface area contributed by atoms with E-state index in [0.717, 1.165) is 51.8 Å². The number of carbonyl (C=O) groups is 1. The van der Waals surface area contributed by atoms with Gasteiger partial charge in [-0.2, -0.15) is 8.42 Å². The molecule has 0 unspecified atom stereocenters. The minimum absolute atomic E-state index is 0.0484. The molecular formula is C23H20I4O5S. The van der Waals surface area contributed by atoms with Crippen LogP contribution in [0.5, 0.6) is 5.75 Å². The molecule has 176 valence electrons. The van der Waals surface area contributed by atoms with Crippen LogP contribution in [0.15, 0.2) is 29.2 Å². The molecule has 10 heteroatoms. The molecule has 4 bridgehead atoms. The lowest BCUT2D eigenvalue weighted by Gasteiger charge is -2.54. The van der Waals surface area contributed by atoms with Crippen molar-refractivity contribution in [3.05, 3.63) is 49.7 Å². The molecule has 0 spiro atoms. The van der Waals surface area contributed by atoms with Gasteiger partial charge in [-0.1, -0.05) is 0 Å². The zero-order valence-electron chi connectivity index (χ0n) is 17.2. The average molecular weight is 916 g/mol. The first-order valence-corrected chi connectivity index (χ1v) is 16.4. The van der Waals surface area contributed by atoms with Crippen molar-refractivity contribution >= 4 is 106 Å². The van der Waals surface area contributed by atoms with E-state index in [4.69, 9.17) is 4.74 Å². The van der Waals surface area contributed by atoms with Crippen LogP contribution in [0.1, 0.15) is 53.9 Å². The van der Waals surface area contributed by atoms with Crippen LogP contribution in [0.4, 0.5) is 0 Å². The highest BCUT2D eigenvalue weighted by Crippen LogP contribution is 2.60. The summed E-state index contributed by atoms with van der Waals surface area (Å²) in [6.45, 7) is 0. The first-order chi connectivity index (χ1) is 15.5. The molecule has 2 aromatic rings. The number of hydrogen-bond acceptors (Lipinski definition) is 4. The standard InChI is InChI=1S/C23H20I4O5S/c24-17-9-16(20(25)22(27)21(17)26)23(28)32-14-1-2-18(33(29,30)31)15(8-14)19-12-4-10-3-11(6-12)7-13(19)5-10/h1-2,8-13,19H,3-7H2,(H,29,30,31). The van der Waals surface area contributed by atoms with Gasteiger partial charge in [0, 0.05) is 14.3 Å². The molecule has 0 saturated heterocycles. The molecule has 0 amide bonds. The molecule has 0 aromatic heterocycles. The Bertz CT molecular complexity index is 1230. The summed E-state index contributed by atoms with van der Waals surface area (Å²) < 4.78 is 44.1. The molecule has 0 heterocycles. The maximum atomic E-state index is 13.1. The monoisotopic (exact) mass is 916 g/mol. The number of benzene rings is 2. The van der Waals surface area contributed by atoms with Crippen LogP contribution in [-0.2, 0) is 10.1 Å². The van der Waals surface area contributed by atoms with Crippen molar-refractivity contribution in [1.29, 1.82) is 0 Å². The summed E-state index contributed by atoms with van der Waals surface area (Å²) >= 11 is 8.86. The van der Waals surface area contributed by atoms with Crippen molar-refractivity contribution in [2.75, 3.05) is 0 Å². The van der Waals surface area contributed by atoms with Gasteiger partial charge in [0.15, 0.2) is 0 Å². The molecule has 4 fully saturated rings. The topological polar surface area (TPSA) is 80.7 Å². The highest BCUT2D eigenvalue weighted by Gasteiger charge is 2.49. The van der Waals surface area contributed by atoms with Gasteiger partial charge in [-0.3, -0.25) is 4.55 Å². The van der Waals surface area contributed by atoms with Gasteiger partial charge < -0.3 is 4.74 Å². The average Bonchev–Trinajstić information content (AvgIpc) is 2.73. The Morgan fingerprint density at radius 1 is 0.879 bits per heavy atom. The van der Waals surface area contributed by atoms with E-state index in [0.29, 0.717) is 28.7 Å². The molecule has 2 aromatic carbocycles. The Balaban J connectivity index is 1.51. The summed E-state index contributed by atoms with van der Waals surface area (Å²) in [5.41, 5.74) is 1.10. The summed E-state index contributed by atoms with van der Waals surface area (Å²) in [5.74, 6) is 2.26. The summed E-state index contributed by atoms with van der Waals surface area (Å²) in [4.78, 5) is 13.0. The third kappa shape index (κ3) is 4.87. The quantitative estimate of drug-likeness (QED) is 0.0885. The van der Waals surface area contributed by atoms with Gasteiger partial charge >= 0.3 is 5.97 Å². The Morgan fingerprint density at radius 3 is 2.06 bits per heavy atom. The van der Waals surface area contributed by atoms with Crippen LogP contribution in [0.2, 0.25) is 0 Å². The minimum atomic E-state index is -4.38. The van der Waals surface area contributed by atoms with E-state index in [-0.39, 0.29) is 10.8 Å². The van der Waals surface area contributed by atoms with Gasteiger partial charge in [-0.25, -0.2) is 4.79 Å². The van der Waals surface area contributed by atoms with Gasteiger partial charge in [0.2, 0.25) is 0 Å². The van der Waals surface area contributed by atoms with Gasteiger partial charge in [-0.05, 0) is 182 Å². The van der Waals surface area contributed by atoms with Crippen molar-refractivity contribution in [2.45, 2.75) is 42.9 Å². The first-order valence-electron chi connectivity index (χ1n) is 10.7. The smallest absolute Gasteiger partial charge is 0.344 e. The third-order valence-corrected chi connectivity index (χ3v) is 15.6. The second kappa shape index (κ2) is 9.56. The van der Waals surface area contributed by atoms with E-state index in [1.807, 2.05) is 6.07 Å². The van der Waals surface area contributed by atoms with Crippen LogP contribution < -0.4 is 4.74 Å². The SMILES string of the molecule is O=C(Oc1ccc(S(=O)(=O)O)c(C2C3CC4CC(C3)CC2C4)c1)c1cc(I)c(I)c(I)c1I. The molecule has 0 aliphatic heterocycles. The molecule has 0 atom stereocenters. The Morgan fingerprint density at radius 2 is 1.48 bits per heavy atom. The Hall–Kier alpha value is 0.740. The van der Waals surface area contributed by atoms with Crippen LogP contribution in [0.25, 0.3) is 0 Å². The molecule has 0 radical (unpaired) electrons. The lowest BCUT2D eigenvalue weighted by molar-refractivity contribution is -0.00373. The van der Waals surface area contributed by atoms with E-state index >= 15 is 0 Å². The lowest BCUT2D eigenvalue weighted by Crippen LogP contribution is -2.44. The fourth-order valence-corrected chi connectivity index (χ4v) is 10.4. The molecule has 1 N–H and O–H groups in total. The Labute approximate surface area is 247 Å². The zero-order valence-corrected chi connectivity index (χ0v) is 26.7. The van der Waals surface area contributed by atoms with Crippen LogP contribution in [0, 0.1) is 38.0 Å². The fraction of sp³-hybridized carbons (Fsp3) is 0.435. The Kier molecular flexibility index (Phi) is 7.36. The number of halogens is 4. The van der Waals surface area contributed by atoms with E-state index in [9.17, 15) is 17.8 Å². The minimum Gasteiger partial charge on any atom is -0.423 e. The molecule has 4 aliphatic carbocycles. The van der Waals surface area contributed by atoms with Gasteiger partial charge in [0.05, 0.1) is 10.5 Å². The highest BCUT2D eigenvalue weighted by molar-refractivity contribution is 14.1. The molecule has 4 aliphatic rings. The predicted octanol–water partition coefficient (Wildman–Crippen LogP) is 7.11. The van der Waals surface area contributed by atoms with Crippen molar-refractivity contribution in [3.63, 3.8) is 0 Å². The maximum Gasteiger partial charge on any atom is 0.344 e. The predicted molar refractivity (Wildman–Crippen MR) is 158 cm³/mol. The molecule has 4 saturated carbocycles. The normalized spacial score (nSPS) is 28.2. The van der Waals surface area contributed by atoms with E-state index < -0.39 is 16.1 Å². The van der Waals surface area contributed by atoms with E-state index in [1.54, 1.807) is 6.07 Å². The van der Waals surface area contributed by atoms with E-state index in [1.165, 1.54) is 18.6 Å². The van der Waals surface area contributed by atoms with Gasteiger partial charge in [-0.15, -0.1) is 0 Å². The number of hydrogen-bond donors (Lipinski definition) is 1. The summed E-state index contributed by atoms with van der Waals surface area (Å²) in [5, 5.41) is 0. The van der Waals surface area contributed by atoms with Crippen molar-refractivity contribution in [2.24, 2.45) is 23.7 Å². The van der Waals surface area contributed by atoms with Crippen molar-refractivity contribution in [3.8, 4) is 5.75 Å². The highest BCUT2D eigenvalue weighted by atomic mass is 127. The first kappa shape index (κ1) is 25.4. The fourth-order valence-electron chi connectivity index (χ4n) is 6.40. The number of carbonyl (C=O) groups excluding carboxylic acids is 1. The molecule has 6 rings (SSSR count). The number of rotatable bonds is 4. The second-order valence-electron chi connectivity index (χ2n) is 9.37. The lowest BCUT2D eigenvalue weighted by atomic mass is 9.51. The second-order valence-corrected chi connectivity index (χ2v) is 15.2. The van der Waals surface area contributed by atoms with Crippen LogP contribution in [-0.4, -0.2) is 18.9 Å². The van der Waals surface area contributed by atoms with Crippen LogP contribution in [0.3, 0.4) is 0 Å². The number of ether oxygens (including phenoxy) is 1. The van der Waals surface area contributed by atoms with Crippen LogP contribution >= 0.6 is 90.4 Å².